The Bertz CT molecular complexity index is 690. The largest absolute Gasteiger partial charge is 0.424 e. The summed E-state index contributed by atoms with van der Waals surface area (Å²) in [5.74, 6) is 0.431. The normalized spacial score (nSPS) is 9.47. The Balaban J connectivity index is 2.34. The van der Waals surface area contributed by atoms with E-state index in [1.54, 1.807) is 6.07 Å². The zero-order valence-corrected chi connectivity index (χ0v) is 10.5. The second-order valence-corrected chi connectivity index (χ2v) is 3.97. The molecule has 0 saturated heterocycles. The number of ether oxygens (including phenoxy) is 1. The van der Waals surface area contributed by atoms with Gasteiger partial charge in [-0.05, 0) is 32.0 Å². The molecule has 1 aromatic carbocycles. The molecule has 0 aliphatic heterocycles. The van der Waals surface area contributed by atoms with Crippen molar-refractivity contribution in [2.24, 2.45) is 0 Å². The van der Waals surface area contributed by atoms with Crippen molar-refractivity contribution in [2.75, 3.05) is 0 Å². The first-order chi connectivity index (χ1) is 9.12. The molecule has 0 fully saturated rings. The van der Waals surface area contributed by atoms with Gasteiger partial charge in [-0.1, -0.05) is 0 Å². The molecule has 2 aromatic rings. The molecule has 0 atom stereocenters. The van der Waals surface area contributed by atoms with Gasteiger partial charge in [-0.25, -0.2) is 9.97 Å². The van der Waals surface area contributed by atoms with E-state index in [0.29, 0.717) is 11.3 Å². The number of nitrogens with zero attached hydrogens (tertiary/aromatic N) is 4. The highest BCUT2D eigenvalue weighted by molar-refractivity contribution is 5.49. The molecule has 0 aliphatic carbocycles. The van der Waals surface area contributed by atoms with Crippen LogP contribution in [0.2, 0.25) is 0 Å². The maximum atomic E-state index is 8.94. The minimum atomic E-state index is 0.228. The molecule has 0 bridgehead atoms. The zero-order valence-electron chi connectivity index (χ0n) is 10.5. The van der Waals surface area contributed by atoms with E-state index in [4.69, 9.17) is 15.3 Å². The SMILES string of the molecule is Cc1cc(C)nc(Oc2ccc(C#N)c(C#N)c2)n1. The average molecular weight is 250 g/mol. The Labute approximate surface area is 110 Å². The lowest BCUT2D eigenvalue weighted by Gasteiger charge is -2.06. The van der Waals surface area contributed by atoms with Crippen LogP contribution in [0.1, 0.15) is 22.5 Å². The molecule has 0 unspecified atom stereocenters. The topological polar surface area (TPSA) is 82.6 Å². The molecule has 1 heterocycles. The van der Waals surface area contributed by atoms with E-state index >= 15 is 0 Å². The smallest absolute Gasteiger partial charge is 0.322 e. The van der Waals surface area contributed by atoms with Crippen molar-refractivity contribution in [1.82, 2.24) is 9.97 Å². The third-order valence-corrected chi connectivity index (χ3v) is 2.40. The predicted molar refractivity (Wildman–Crippen MR) is 67.5 cm³/mol. The molecule has 1 aromatic heterocycles. The highest BCUT2D eigenvalue weighted by Crippen LogP contribution is 2.21. The predicted octanol–water partition coefficient (Wildman–Crippen LogP) is 2.63. The second-order valence-electron chi connectivity index (χ2n) is 3.97. The van der Waals surface area contributed by atoms with Crippen LogP contribution in [-0.4, -0.2) is 9.97 Å². The summed E-state index contributed by atoms with van der Waals surface area (Å²) in [5.41, 5.74) is 2.19. The van der Waals surface area contributed by atoms with Gasteiger partial charge in [0.1, 0.15) is 17.9 Å². The van der Waals surface area contributed by atoms with E-state index in [1.165, 1.54) is 12.1 Å². The van der Waals surface area contributed by atoms with E-state index in [1.807, 2.05) is 32.1 Å². The van der Waals surface area contributed by atoms with Crippen molar-refractivity contribution in [2.45, 2.75) is 13.8 Å². The van der Waals surface area contributed by atoms with Crippen molar-refractivity contribution < 1.29 is 4.74 Å². The molecular weight excluding hydrogens is 240 g/mol. The van der Waals surface area contributed by atoms with Gasteiger partial charge in [-0.15, -0.1) is 0 Å². The number of aromatic nitrogens is 2. The van der Waals surface area contributed by atoms with E-state index < -0.39 is 0 Å². The van der Waals surface area contributed by atoms with Crippen LogP contribution in [0.5, 0.6) is 11.8 Å². The van der Waals surface area contributed by atoms with E-state index in [-0.39, 0.29) is 11.6 Å². The Hall–Kier alpha value is -2.92. The average Bonchev–Trinajstić information content (AvgIpc) is 2.37. The van der Waals surface area contributed by atoms with Gasteiger partial charge in [0.05, 0.1) is 11.1 Å². The van der Waals surface area contributed by atoms with Gasteiger partial charge in [0, 0.05) is 17.5 Å². The summed E-state index contributed by atoms with van der Waals surface area (Å²) in [7, 11) is 0. The highest BCUT2D eigenvalue weighted by atomic mass is 16.5. The van der Waals surface area contributed by atoms with Crippen molar-refractivity contribution in [3.63, 3.8) is 0 Å². The van der Waals surface area contributed by atoms with Crippen LogP contribution in [0.4, 0.5) is 0 Å². The van der Waals surface area contributed by atoms with Crippen molar-refractivity contribution >= 4 is 0 Å². The summed E-state index contributed by atoms with van der Waals surface area (Å²) in [6.45, 7) is 3.70. The van der Waals surface area contributed by atoms with E-state index in [2.05, 4.69) is 9.97 Å². The second kappa shape index (κ2) is 5.16. The molecular formula is C14H10N4O. The minimum absolute atomic E-state index is 0.228. The minimum Gasteiger partial charge on any atom is -0.424 e. The number of hydrogen-bond acceptors (Lipinski definition) is 5. The number of nitriles is 2. The van der Waals surface area contributed by atoms with Gasteiger partial charge in [-0.3, -0.25) is 0 Å². The van der Waals surface area contributed by atoms with Crippen LogP contribution in [0.15, 0.2) is 24.3 Å². The third kappa shape index (κ3) is 2.85. The standard InChI is InChI=1S/C14H10N4O/c1-9-5-10(2)18-14(17-9)19-13-4-3-11(7-15)12(6-13)8-16/h3-6H,1-2H3. The Morgan fingerprint density at radius 2 is 1.58 bits per heavy atom. The lowest BCUT2D eigenvalue weighted by Crippen LogP contribution is -1.96. The first-order valence-electron chi connectivity index (χ1n) is 5.57. The van der Waals surface area contributed by atoms with Crippen LogP contribution < -0.4 is 4.74 Å². The summed E-state index contributed by atoms with van der Waals surface area (Å²) in [6, 6.07) is 10.6. The Morgan fingerprint density at radius 3 is 2.16 bits per heavy atom. The third-order valence-electron chi connectivity index (χ3n) is 2.40. The summed E-state index contributed by atoms with van der Waals surface area (Å²) in [6.07, 6.45) is 0. The quantitative estimate of drug-likeness (QED) is 0.818. The summed E-state index contributed by atoms with van der Waals surface area (Å²) >= 11 is 0. The first kappa shape index (κ1) is 12.5. The van der Waals surface area contributed by atoms with Crippen LogP contribution >= 0.6 is 0 Å². The fraction of sp³-hybridized carbons (Fsp3) is 0.143. The van der Waals surface area contributed by atoms with Gasteiger partial charge in [0.2, 0.25) is 0 Å². The highest BCUT2D eigenvalue weighted by Gasteiger charge is 2.06. The zero-order chi connectivity index (χ0) is 13.8. The van der Waals surface area contributed by atoms with Crippen LogP contribution in [-0.2, 0) is 0 Å². The van der Waals surface area contributed by atoms with Gasteiger partial charge < -0.3 is 4.74 Å². The monoisotopic (exact) mass is 250 g/mol. The molecule has 0 spiro atoms. The number of hydrogen-bond donors (Lipinski definition) is 0. The number of rotatable bonds is 2. The Kier molecular flexibility index (Phi) is 3.40. The Morgan fingerprint density at radius 1 is 0.947 bits per heavy atom. The van der Waals surface area contributed by atoms with Gasteiger partial charge >= 0.3 is 6.01 Å². The van der Waals surface area contributed by atoms with Gasteiger partial charge in [0.25, 0.3) is 0 Å². The fourth-order valence-electron chi connectivity index (χ4n) is 1.62. The van der Waals surface area contributed by atoms with Crippen LogP contribution in [0.25, 0.3) is 0 Å². The van der Waals surface area contributed by atoms with Crippen molar-refractivity contribution in [3.8, 4) is 23.9 Å². The number of aryl methyl sites for hydroxylation is 2. The molecule has 2 rings (SSSR count). The maximum absolute atomic E-state index is 8.94. The lowest BCUT2D eigenvalue weighted by molar-refractivity contribution is 0.438. The van der Waals surface area contributed by atoms with Crippen molar-refractivity contribution in [1.29, 1.82) is 10.5 Å². The molecule has 0 aliphatic rings. The molecule has 0 amide bonds. The molecule has 5 nitrogen and oxygen atoms in total. The fourth-order valence-corrected chi connectivity index (χ4v) is 1.62. The molecule has 0 saturated carbocycles. The van der Waals surface area contributed by atoms with Crippen LogP contribution in [0, 0.1) is 36.5 Å². The maximum Gasteiger partial charge on any atom is 0.322 e. The lowest BCUT2D eigenvalue weighted by atomic mass is 10.1. The molecule has 5 heteroatoms. The van der Waals surface area contributed by atoms with Crippen molar-refractivity contribution in [3.05, 3.63) is 46.8 Å². The first-order valence-corrected chi connectivity index (χ1v) is 5.57. The summed E-state index contributed by atoms with van der Waals surface area (Å²) < 4.78 is 5.50. The van der Waals surface area contributed by atoms with E-state index in [9.17, 15) is 0 Å². The number of benzene rings is 1. The van der Waals surface area contributed by atoms with Crippen LogP contribution in [0.3, 0.4) is 0 Å². The molecule has 19 heavy (non-hydrogen) atoms. The van der Waals surface area contributed by atoms with Gasteiger partial charge in [0.15, 0.2) is 0 Å². The molecule has 0 N–H and O–H groups in total. The van der Waals surface area contributed by atoms with Gasteiger partial charge in [-0.2, -0.15) is 10.5 Å². The van der Waals surface area contributed by atoms with E-state index in [0.717, 1.165) is 11.4 Å². The summed E-state index contributed by atoms with van der Waals surface area (Å²) in [5, 5.41) is 17.8. The molecule has 92 valence electrons. The molecule has 0 radical (unpaired) electrons. The summed E-state index contributed by atoms with van der Waals surface area (Å²) in [4.78, 5) is 8.29.